The van der Waals surface area contributed by atoms with Crippen molar-refractivity contribution in [2.24, 2.45) is 0 Å². The SMILES string of the molecule is CC(C)NC(=O)C[NH+]1CCN(C(=O)CSc2ccccc2F)CC1. The minimum Gasteiger partial charge on any atom is -0.349 e. The summed E-state index contributed by atoms with van der Waals surface area (Å²) in [5, 5.41) is 2.89. The standard InChI is InChI=1S/C17H24FN3O2S/c1-13(2)19-16(22)11-20-7-9-21(10-8-20)17(23)12-24-15-6-4-3-5-14(15)18/h3-6,13H,7-12H2,1-2H3,(H,19,22)/p+1. The Morgan fingerprint density at radius 3 is 2.58 bits per heavy atom. The number of benzene rings is 1. The van der Waals surface area contributed by atoms with Gasteiger partial charge in [-0.2, -0.15) is 0 Å². The molecule has 1 heterocycles. The fourth-order valence-electron chi connectivity index (χ4n) is 2.64. The molecule has 0 radical (unpaired) electrons. The lowest BCUT2D eigenvalue weighted by Crippen LogP contribution is -3.16. The van der Waals surface area contributed by atoms with Crippen molar-refractivity contribution in [3.63, 3.8) is 0 Å². The van der Waals surface area contributed by atoms with Crippen molar-refractivity contribution in [2.75, 3.05) is 38.5 Å². The van der Waals surface area contributed by atoms with Crippen LogP contribution in [0.2, 0.25) is 0 Å². The van der Waals surface area contributed by atoms with Gasteiger partial charge in [0.2, 0.25) is 5.91 Å². The summed E-state index contributed by atoms with van der Waals surface area (Å²) in [6, 6.07) is 6.63. The molecule has 0 bridgehead atoms. The van der Waals surface area contributed by atoms with E-state index < -0.39 is 0 Å². The van der Waals surface area contributed by atoms with Crippen LogP contribution in [0, 0.1) is 5.82 Å². The number of amides is 2. The van der Waals surface area contributed by atoms with Crippen LogP contribution in [0.5, 0.6) is 0 Å². The number of thioether (sulfide) groups is 1. The summed E-state index contributed by atoms with van der Waals surface area (Å²) in [4.78, 5) is 27.5. The molecular weight excluding hydrogens is 329 g/mol. The molecule has 0 aliphatic carbocycles. The first-order valence-electron chi connectivity index (χ1n) is 8.23. The zero-order chi connectivity index (χ0) is 17.5. The van der Waals surface area contributed by atoms with Crippen LogP contribution in [0.3, 0.4) is 0 Å². The van der Waals surface area contributed by atoms with Gasteiger partial charge in [0, 0.05) is 10.9 Å². The quantitative estimate of drug-likeness (QED) is 0.716. The van der Waals surface area contributed by atoms with E-state index in [0.29, 0.717) is 24.5 Å². The summed E-state index contributed by atoms with van der Waals surface area (Å²) in [6.07, 6.45) is 0. The molecule has 2 N–H and O–H groups in total. The van der Waals surface area contributed by atoms with E-state index in [2.05, 4.69) is 5.32 Å². The number of piperazine rings is 1. The number of quaternary nitrogens is 1. The molecule has 1 aromatic rings. The van der Waals surface area contributed by atoms with E-state index in [1.165, 1.54) is 22.7 Å². The number of rotatable bonds is 6. The Morgan fingerprint density at radius 1 is 1.29 bits per heavy atom. The zero-order valence-corrected chi connectivity index (χ0v) is 15.0. The van der Waals surface area contributed by atoms with Gasteiger partial charge in [0.15, 0.2) is 6.54 Å². The number of nitrogens with one attached hydrogen (secondary N) is 2. The third-order valence-corrected chi connectivity index (χ3v) is 4.90. The highest BCUT2D eigenvalue weighted by molar-refractivity contribution is 8.00. The van der Waals surface area contributed by atoms with E-state index in [-0.39, 0.29) is 29.4 Å². The third-order valence-electron chi connectivity index (χ3n) is 3.87. The molecule has 1 fully saturated rings. The first-order valence-corrected chi connectivity index (χ1v) is 9.22. The first-order chi connectivity index (χ1) is 11.5. The van der Waals surface area contributed by atoms with E-state index in [1.807, 2.05) is 13.8 Å². The van der Waals surface area contributed by atoms with Gasteiger partial charge in [-0.05, 0) is 26.0 Å². The average Bonchev–Trinajstić information content (AvgIpc) is 2.53. The molecule has 1 aliphatic heterocycles. The van der Waals surface area contributed by atoms with Gasteiger partial charge >= 0.3 is 0 Å². The normalized spacial score (nSPS) is 15.6. The summed E-state index contributed by atoms with van der Waals surface area (Å²) in [7, 11) is 0. The highest BCUT2D eigenvalue weighted by Crippen LogP contribution is 2.21. The van der Waals surface area contributed by atoms with Gasteiger partial charge < -0.3 is 15.1 Å². The van der Waals surface area contributed by atoms with Crippen LogP contribution >= 0.6 is 11.8 Å². The van der Waals surface area contributed by atoms with Crippen molar-refractivity contribution >= 4 is 23.6 Å². The predicted molar refractivity (Wildman–Crippen MR) is 92.5 cm³/mol. The topological polar surface area (TPSA) is 53.9 Å². The van der Waals surface area contributed by atoms with Gasteiger partial charge in [0.1, 0.15) is 5.82 Å². The molecule has 132 valence electrons. The maximum atomic E-state index is 13.6. The Hall–Kier alpha value is -1.60. The van der Waals surface area contributed by atoms with Crippen LogP contribution in [0.4, 0.5) is 4.39 Å². The second-order valence-corrected chi connectivity index (χ2v) is 7.27. The molecule has 5 nitrogen and oxygen atoms in total. The van der Waals surface area contributed by atoms with E-state index in [4.69, 9.17) is 0 Å². The summed E-state index contributed by atoms with van der Waals surface area (Å²) in [5.41, 5.74) is 0. The number of halogens is 1. The minimum absolute atomic E-state index is 0.0222. The van der Waals surface area contributed by atoms with Crippen molar-refractivity contribution in [1.82, 2.24) is 10.2 Å². The molecule has 2 amide bonds. The fourth-order valence-corrected chi connectivity index (χ4v) is 3.48. The molecule has 1 saturated heterocycles. The van der Waals surface area contributed by atoms with Crippen LogP contribution < -0.4 is 10.2 Å². The molecule has 0 spiro atoms. The smallest absolute Gasteiger partial charge is 0.275 e. The molecule has 7 heteroatoms. The second-order valence-electron chi connectivity index (χ2n) is 6.25. The Balaban J connectivity index is 1.72. The number of nitrogens with zero attached hydrogens (tertiary/aromatic N) is 1. The van der Waals surface area contributed by atoms with Crippen LogP contribution in [0.25, 0.3) is 0 Å². The van der Waals surface area contributed by atoms with Crippen LogP contribution in [0.15, 0.2) is 29.2 Å². The Bertz CT molecular complexity index is 575. The van der Waals surface area contributed by atoms with Gasteiger partial charge in [-0.15, -0.1) is 11.8 Å². The fraction of sp³-hybridized carbons (Fsp3) is 0.529. The van der Waals surface area contributed by atoms with E-state index >= 15 is 0 Å². The molecule has 1 aliphatic rings. The van der Waals surface area contributed by atoms with Gasteiger partial charge in [0.05, 0.1) is 31.9 Å². The second kappa shape index (κ2) is 9.03. The molecule has 1 aromatic carbocycles. The minimum atomic E-state index is -0.291. The highest BCUT2D eigenvalue weighted by Gasteiger charge is 2.25. The summed E-state index contributed by atoms with van der Waals surface area (Å²) in [5.74, 6) is 0.0222. The summed E-state index contributed by atoms with van der Waals surface area (Å²) in [6.45, 7) is 7.14. The van der Waals surface area contributed by atoms with Crippen molar-refractivity contribution in [2.45, 2.75) is 24.8 Å². The number of carbonyl (C=O) groups excluding carboxylic acids is 2. The molecular formula is C17H25FN3O2S+. The Labute approximate surface area is 146 Å². The molecule has 0 atom stereocenters. The van der Waals surface area contributed by atoms with Crippen LogP contribution in [-0.2, 0) is 9.59 Å². The number of carbonyl (C=O) groups is 2. The maximum absolute atomic E-state index is 13.6. The lowest BCUT2D eigenvalue weighted by molar-refractivity contribution is -0.896. The molecule has 24 heavy (non-hydrogen) atoms. The molecule has 0 aromatic heterocycles. The summed E-state index contributed by atoms with van der Waals surface area (Å²) >= 11 is 1.23. The number of hydrogen-bond donors (Lipinski definition) is 2. The van der Waals surface area contributed by atoms with Crippen molar-refractivity contribution in [3.8, 4) is 0 Å². The van der Waals surface area contributed by atoms with Crippen LogP contribution in [0.1, 0.15) is 13.8 Å². The van der Waals surface area contributed by atoms with Gasteiger partial charge in [0.25, 0.3) is 5.91 Å². The third kappa shape index (κ3) is 5.79. The first kappa shape index (κ1) is 18.7. The summed E-state index contributed by atoms with van der Waals surface area (Å²) < 4.78 is 13.6. The predicted octanol–water partition coefficient (Wildman–Crippen LogP) is 0.170. The van der Waals surface area contributed by atoms with Crippen LogP contribution in [-0.4, -0.2) is 61.2 Å². The van der Waals surface area contributed by atoms with Crippen molar-refractivity contribution in [3.05, 3.63) is 30.1 Å². The van der Waals surface area contributed by atoms with Crippen molar-refractivity contribution in [1.29, 1.82) is 0 Å². The Morgan fingerprint density at radius 2 is 1.96 bits per heavy atom. The number of hydrogen-bond acceptors (Lipinski definition) is 3. The maximum Gasteiger partial charge on any atom is 0.275 e. The van der Waals surface area contributed by atoms with Gasteiger partial charge in [-0.25, -0.2) is 4.39 Å². The van der Waals surface area contributed by atoms with E-state index in [1.54, 1.807) is 23.1 Å². The van der Waals surface area contributed by atoms with Crippen molar-refractivity contribution < 1.29 is 18.9 Å². The zero-order valence-electron chi connectivity index (χ0n) is 14.2. The largest absolute Gasteiger partial charge is 0.349 e. The van der Waals surface area contributed by atoms with Gasteiger partial charge in [-0.3, -0.25) is 9.59 Å². The molecule has 2 rings (SSSR count). The monoisotopic (exact) mass is 354 g/mol. The lowest BCUT2D eigenvalue weighted by atomic mass is 10.3. The molecule has 0 saturated carbocycles. The highest BCUT2D eigenvalue weighted by atomic mass is 32.2. The average molecular weight is 354 g/mol. The Kier molecular flexibility index (Phi) is 7.05. The lowest BCUT2D eigenvalue weighted by Gasteiger charge is -2.32. The molecule has 0 unspecified atom stereocenters. The van der Waals surface area contributed by atoms with Gasteiger partial charge in [-0.1, -0.05) is 12.1 Å². The van der Waals surface area contributed by atoms with E-state index in [0.717, 1.165) is 13.1 Å². The van der Waals surface area contributed by atoms with E-state index in [9.17, 15) is 14.0 Å².